The lowest BCUT2D eigenvalue weighted by molar-refractivity contribution is -0.134. The van der Waals surface area contributed by atoms with Gasteiger partial charge in [0.1, 0.15) is 6.61 Å². The number of imide groups is 1. The third kappa shape index (κ3) is 5.06. The summed E-state index contributed by atoms with van der Waals surface area (Å²) in [5, 5.41) is 8.89. The van der Waals surface area contributed by atoms with Crippen molar-refractivity contribution in [1.82, 2.24) is 4.90 Å². The van der Waals surface area contributed by atoms with E-state index in [0.29, 0.717) is 31.6 Å². The molecular formula is C20H26N2O3. The number of nitrogens with zero attached hydrogens (tertiary/aromatic N) is 2. The number of cyclic esters (lactones) is 1. The van der Waals surface area contributed by atoms with Crippen molar-refractivity contribution in [3.05, 3.63) is 35.9 Å². The molecule has 0 spiro atoms. The minimum atomic E-state index is -0.558. The van der Waals surface area contributed by atoms with Gasteiger partial charge >= 0.3 is 6.09 Å². The smallest absolute Gasteiger partial charge is 0.416 e. The minimum Gasteiger partial charge on any atom is -0.447 e. The number of hydrogen-bond acceptors (Lipinski definition) is 4. The van der Waals surface area contributed by atoms with Gasteiger partial charge in [0.15, 0.2) is 0 Å². The molecule has 0 saturated carbocycles. The van der Waals surface area contributed by atoms with E-state index >= 15 is 0 Å². The number of carbonyl (C=O) groups is 2. The highest BCUT2D eigenvalue weighted by atomic mass is 16.6. The van der Waals surface area contributed by atoms with E-state index in [0.717, 1.165) is 12.0 Å². The lowest BCUT2D eigenvalue weighted by atomic mass is 9.89. The Hall–Kier alpha value is -2.35. The Bertz CT molecular complexity index is 624. The van der Waals surface area contributed by atoms with E-state index < -0.39 is 6.09 Å². The van der Waals surface area contributed by atoms with Crippen molar-refractivity contribution in [3.63, 3.8) is 0 Å². The van der Waals surface area contributed by atoms with Gasteiger partial charge in [0.05, 0.1) is 12.1 Å². The number of rotatable bonds is 8. The normalized spacial score (nSPS) is 19.2. The predicted octanol–water partition coefficient (Wildman–Crippen LogP) is 3.93. The Balaban J connectivity index is 2.13. The molecule has 2 rings (SSSR count). The molecule has 0 radical (unpaired) electrons. The van der Waals surface area contributed by atoms with Gasteiger partial charge in [0, 0.05) is 12.3 Å². The second-order valence-corrected chi connectivity index (χ2v) is 6.77. The Morgan fingerprint density at radius 2 is 2.12 bits per heavy atom. The predicted molar refractivity (Wildman–Crippen MR) is 94.5 cm³/mol. The molecule has 0 aromatic heterocycles. The molecule has 1 aromatic carbocycles. The average molecular weight is 342 g/mol. The van der Waals surface area contributed by atoms with Gasteiger partial charge in [0.2, 0.25) is 5.91 Å². The number of carbonyl (C=O) groups excluding carboxylic acids is 2. The number of hydrogen-bond donors (Lipinski definition) is 0. The van der Waals surface area contributed by atoms with Crippen LogP contribution >= 0.6 is 0 Å². The number of benzene rings is 1. The van der Waals surface area contributed by atoms with Crippen LogP contribution in [0.5, 0.6) is 0 Å². The zero-order valence-corrected chi connectivity index (χ0v) is 15.0. The molecule has 134 valence electrons. The maximum absolute atomic E-state index is 13.0. The Morgan fingerprint density at radius 3 is 2.76 bits per heavy atom. The maximum atomic E-state index is 13.0. The Morgan fingerprint density at radius 1 is 1.40 bits per heavy atom. The molecule has 0 N–H and O–H groups in total. The molecule has 25 heavy (non-hydrogen) atoms. The highest BCUT2D eigenvalue weighted by molar-refractivity contribution is 5.94. The molecule has 0 bridgehead atoms. The molecule has 2 amide bonds. The van der Waals surface area contributed by atoms with Crippen molar-refractivity contribution in [2.24, 2.45) is 11.8 Å². The fourth-order valence-corrected chi connectivity index (χ4v) is 3.20. The van der Waals surface area contributed by atoms with Crippen molar-refractivity contribution in [2.75, 3.05) is 6.61 Å². The first kappa shape index (κ1) is 19.0. The Labute approximate surface area is 149 Å². The zero-order valence-electron chi connectivity index (χ0n) is 15.0. The van der Waals surface area contributed by atoms with Crippen molar-refractivity contribution in [3.8, 4) is 6.07 Å². The van der Waals surface area contributed by atoms with E-state index in [1.807, 2.05) is 30.3 Å². The van der Waals surface area contributed by atoms with Gasteiger partial charge < -0.3 is 4.74 Å². The average Bonchev–Trinajstić information content (AvgIpc) is 2.98. The molecule has 1 heterocycles. The van der Waals surface area contributed by atoms with Crippen LogP contribution in [0.25, 0.3) is 0 Å². The third-order valence-electron chi connectivity index (χ3n) is 4.85. The lowest BCUT2D eigenvalue weighted by Crippen LogP contribution is -2.44. The summed E-state index contributed by atoms with van der Waals surface area (Å²) in [7, 11) is 0. The fraction of sp³-hybridized carbons (Fsp3) is 0.550. The SMILES string of the molecule is CCC(C)CC(CCC#N)C(=O)N1C(=O)OC[C@H]1Cc1ccccc1. The largest absolute Gasteiger partial charge is 0.447 e. The highest BCUT2D eigenvalue weighted by Gasteiger charge is 2.40. The van der Waals surface area contributed by atoms with Crippen molar-refractivity contribution >= 4 is 12.0 Å². The molecule has 3 atom stereocenters. The van der Waals surface area contributed by atoms with Gasteiger partial charge in [-0.3, -0.25) is 4.79 Å². The van der Waals surface area contributed by atoms with E-state index in [-0.39, 0.29) is 24.5 Å². The summed E-state index contributed by atoms with van der Waals surface area (Å²) in [6.07, 6.45) is 2.50. The summed E-state index contributed by atoms with van der Waals surface area (Å²) in [5.41, 5.74) is 1.07. The molecule has 5 nitrogen and oxygen atoms in total. The van der Waals surface area contributed by atoms with Crippen LogP contribution in [-0.4, -0.2) is 29.5 Å². The second kappa shape index (κ2) is 9.22. The molecule has 1 aliphatic rings. The molecule has 2 unspecified atom stereocenters. The molecule has 1 aromatic rings. The summed E-state index contributed by atoms with van der Waals surface area (Å²) in [4.78, 5) is 26.5. The molecule has 1 saturated heterocycles. The lowest BCUT2D eigenvalue weighted by Gasteiger charge is -2.26. The molecule has 0 aliphatic carbocycles. The van der Waals surface area contributed by atoms with Crippen LogP contribution in [0.1, 0.15) is 45.1 Å². The quantitative estimate of drug-likeness (QED) is 0.717. The second-order valence-electron chi connectivity index (χ2n) is 6.77. The van der Waals surface area contributed by atoms with Crippen molar-refractivity contribution < 1.29 is 14.3 Å². The molecule has 1 aliphatic heterocycles. The molecule has 5 heteroatoms. The first-order valence-electron chi connectivity index (χ1n) is 8.97. The first-order valence-corrected chi connectivity index (χ1v) is 8.97. The summed E-state index contributed by atoms with van der Waals surface area (Å²) in [6.45, 7) is 4.41. The van der Waals surface area contributed by atoms with E-state index in [1.165, 1.54) is 4.90 Å². The maximum Gasteiger partial charge on any atom is 0.416 e. The van der Waals surface area contributed by atoms with E-state index in [9.17, 15) is 9.59 Å². The van der Waals surface area contributed by atoms with E-state index in [4.69, 9.17) is 10.00 Å². The number of amides is 2. The van der Waals surface area contributed by atoms with Gasteiger partial charge in [-0.15, -0.1) is 0 Å². The standard InChI is InChI=1S/C20H26N2O3/c1-3-15(2)12-17(10-7-11-21)19(23)22-18(14-25-20(22)24)13-16-8-5-4-6-9-16/h4-6,8-9,15,17-18H,3,7,10,12-14H2,1-2H3/t15?,17?,18-/m1/s1. The van der Waals surface area contributed by atoms with Crippen LogP contribution in [-0.2, 0) is 16.0 Å². The van der Waals surface area contributed by atoms with Gasteiger partial charge in [-0.25, -0.2) is 9.69 Å². The summed E-state index contributed by atoms with van der Waals surface area (Å²) < 4.78 is 5.16. The third-order valence-corrected chi connectivity index (χ3v) is 4.85. The monoisotopic (exact) mass is 342 g/mol. The van der Waals surface area contributed by atoms with Crippen LogP contribution in [0.3, 0.4) is 0 Å². The number of nitriles is 1. The van der Waals surface area contributed by atoms with E-state index in [2.05, 4.69) is 19.9 Å². The Kier molecular flexibility index (Phi) is 7.00. The van der Waals surface area contributed by atoms with Crippen molar-refractivity contribution in [1.29, 1.82) is 5.26 Å². The van der Waals surface area contributed by atoms with Crippen LogP contribution in [0, 0.1) is 23.2 Å². The fourth-order valence-electron chi connectivity index (χ4n) is 3.20. The first-order chi connectivity index (χ1) is 12.1. The van der Waals surface area contributed by atoms with Crippen molar-refractivity contribution in [2.45, 2.75) is 52.0 Å². The zero-order chi connectivity index (χ0) is 18.2. The molecule has 1 fully saturated rings. The minimum absolute atomic E-state index is 0.195. The van der Waals surface area contributed by atoms with Gasteiger partial charge in [-0.1, -0.05) is 50.6 Å². The van der Waals surface area contributed by atoms with Crippen LogP contribution in [0.4, 0.5) is 4.79 Å². The van der Waals surface area contributed by atoms with Crippen LogP contribution < -0.4 is 0 Å². The summed E-state index contributed by atoms with van der Waals surface area (Å²) in [6, 6.07) is 11.6. The van der Waals surface area contributed by atoms with Crippen LogP contribution in [0.2, 0.25) is 0 Å². The highest BCUT2D eigenvalue weighted by Crippen LogP contribution is 2.26. The van der Waals surface area contributed by atoms with E-state index in [1.54, 1.807) is 0 Å². The molecular weight excluding hydrogens is 316 g/mol. The topological polar surface area (TPSA) is 70.4 Å². The van der Waals surface area contributed by atoms with Gasteiger partial charge in [-0.05, 0) is 30.7 Å². The summed E-state index contributed by atoms with van der Waals surface area (Å²) in [5.74, 6) is -0.128. The van der Waals surface area contributed by atoms with Crippen LogP contribution in [0.15, 0.2) is 30.3 Å². The summed E-state index contributed by atoms with van der Waals surface area (Å²) >= 11 is 0. The van der Waals surface area contributed by atoms with Gasteiger partial charge in [0.25, 0.3) is 0 Å². The van der Waals surface area contributed by atoms with Gasteiger partial charge in [-0.2, -0.15) is 5.26 Å². The number of ether oxygens (including phenoxy) is 1.